The Kier molecular flexibility index (Phi) is 7.34. The molecule has 2 N–H and O–H groups in total. The highest BCUT2D eigenvalue weighted by atomic mass is 19.1. The van der Waals surface area contributed by atoms with Crippen LogP contribution in [-0.4, -0.2) is 81.0 Å². The number of anilines is 1. The molecule has 11 heteroatoms. The van der Waals surface area contributed by atoms with Crippen LogP contribution in [0.1, 0.15) is 45.9 Å². The van der Waals surface area contributed by atoms with Gasteiger partial charge in [0.05, 0.1) is 43.7 Å². The Balaban J connectivity index is 1.37. The van der Waals surface area contributed by atoms with Crippen LogP contribution in [0.15, 0.2) is 35.3 Å². The first kappa shape index (κ1) is 27.2. The summed E-state index contributed by atoms with van der Waals surface area (Å²) in [6, 6.07) is 7.12. The molecular formula is C29H36FN5O5. The molecule has 0 radical (unpaired) electrons. The second kappa shape index (κ2) is 10.8. The van der Waals surface area contributed by atoms with Crippen LogP contribution in [0, 0.1) is 5.82 Å². The number of nitrogens with one attached hydrogen (secondary N) is 1. The predicted molar refractivity (Wildman–Crippen MR) is 148 cm³/mol. The van der Waals surface area contributed by atoms with E-state index in [9.17, 15) is 9.90 Å². The fourth-order valence-corrected chi connectivity index (χ4v) is 6.14. The fraction of sp³-hybridized carbons (Fsp3) is 0.552. The maximum atomic E-state index is 15.1. The SMILES string of the molecule is CC(C)n1c(CN2[C@@H](C)COC[C@@H]2C)cc(=O)c2ccc(-c3nc(N[C@@H]4C[C@H]5CO[C@H](O5)[C@H]4O)ncc3F)cc21. The van der Waals surface area contributed by atoms with Crippen LogP contribution in [0.5, 0.6) is 0 Å². The van der Waals surface area contributed by atoms with Gasteiger partial charge < -0.3 is 29.2 Å². The predicted octanol–water partition coefficient (Wildman–Crippen LogP) is 3.07. The van der Waals surface area contributed by atoms with E-state index in [1.807, 2.05) is 6.07 Å². The van der Waals surface area contributed by atoms with Crippen LogP contribution in [0.25, 0.3) is 22.2 Å². The van der Waals surface area contributed by atoms with E-state index >= 15 is 4.39 Å². The minimum Gasteiger partial charge on any atom is -0.386 e. The maximum absolute atomic E-state index is 15.1. The van der Waals surface area contributed by atoms with Crippen LogP contribution < -0.4 is 10.7 Å². The van der Waals surface area contributed by atoms with Crippen molar-refractivity contribution in [2.75, 3.05) is 25.1 Å². The average Bonchev–Trinajstić information content (AvgIpc) is 3.33. The number of pyridine rings is 1. The summed E-state index contributed by atoms with van der Waals surface area (Å²) < 4.78 is 34.0. The number of aliphatic hydroxyl groups excluding tert-OH is 1. The number of hydrogen-bond donors (Lipinski definition) is 2. The summed E-state index contributed by atoms with van der Waals surface area (Å²) in [5, 5.41) is 14.3. The van der Waals surface area contributed by atoms with Crippen LogP contribution in [-0.2, 0) is 20.8 Å². The number of hydrogen-bond acceptors (Lipinski definition) is 9. The minimum absolute atomic E-state index is 0.0556. The third-order valence-corrected chi connectivity index (χ3v) is 8.15. The molecule has 0 amide bonds. The van der Waals surface area contributed by atoms with E-state index in [-0.39, 0.29) is 47.3 Å². The second-order valence-corrected chi connectivity index (χ2v) is 11.4. The largest absolute Gasteiger partial charge is 0.386 e. The zero-order chi connectivity index (χ0) is 28.1. The molecule has 5 heterocycles. The third kappa shape index (κ3) is 5.01. The van der Waals surface area contributed by atoms with E-state index in [1.165, 1.54) is 0 Å². The molecule has 10 nitrogen and oxygen atoms in total. The molecule has 3 fully saturated rings. The summed E-state index contributed by atoms with van der Waals surface area (Å²) in [6.45, 7) is 10.8. The van der Waals surface area contributed by atoms with E-state index in [1.54, 1.807) is 18.2 Å². The van der Waals surface area contributed by atoms with Crippen LogP contribution >= 0.6 is 0 Å². The van der Waals surface area contributed by atoms with Gasteiger partial charge in [-0.3, -0.25) is 9.69 Å². The number of aliphatic hydroxyl groups is 1. The van der Waals surface area contributed by atoms with E-state index in [0.717, 1.165) is 17.4 Å². The lowest BCUT2D eigenvalue weighted by molar-refractivity contribution is -0.156. The normalized spacial score (nSPS) is 28.9. The van der Waals surface area contributed by atoms with Crippen molar-refractivity contribution in [3.05, 3.63) is 52.2 Å². The molecule has 40 heavy (non-hydrogen) atoms. The Labute approximate surface area is 232 Å². The van der Waals surface area contributed by atoms with Gasteiger partial charge in [-0.1, -0.05) is 6.07 Å². The van der Waals surface area contributed by atoms with Crippen LogP contribution in [0.4, 0.5) is 10.3 Å². The van der Waals surface area contributed by atoms with Gasteiger partial charge in [0, 0.05) is 47.4 Å². The average molecular weight is 554 g/mol. The van der Waals surface area contributed by atoms with E-state index in [2.05, 4.69) is 52.4 Å². The fourth-order valence-electron chi connectivity index (χ4n) is 6.14. The second-order valence-electron chi connectivity index (χ2n) is 11.4. The van der Waals surface area contributed by atoms with Crippen molar-refractivity contribution in [3.8, 4) is 11.3 Å². The molecule has 0 spiro atoms. The molecule has 3 aliphatic heterocycles. The van der Waals surface area contributed by atoms with Gasteiger partial charge in [-0.25, -0.2) is 14.4 Å². The number of rotatable bonds is 6. The summed E-state index contributed by atoms with van der Waals surface area (Å²) in [7, 11) is 0. The number of ether oxygens (including phenoxy) is 3. The van der Waals surface area contributed by atoms with E-state index in [0.29, 0.717) is 43.7 Å². The van der Waals surface area contributed by atoms with Gasteiger partial charge in [0.2, 0.25) is 5.95 Å². The zero-order valence-corrected chi connectivity index (χ0v) is 23.2. The molecule has 3 aromatic rings. The van der Waals surface area contributed by atoms with Gasteiger partial charge in [-0.2, -0.15) is 0 Å². The molecule has 0 saturated carbocycles. The highest BCUT2D eigenvalue weighted by Crippen LogP contribution is 2.31. The smallest absolute Gasteiger partial charge is 0.223 e. The molecule has 0 unspecified atom stereocenters. The summed E-state index contributed by atoms with van der Waals surface area (Å²) in [5.74, 6) is -0.376. The highest BCUT2D eigenvalue weighted by Gasteiger charge is 2.43. The lowest BCUT2D eigenvalue weighted by Gasteiger charge is -2.39. The van der Waals surface area contributed by atoms with Gasteiger partial charge in [0.25, 0.3) is 0 Å². The van der Waals surface area contributed by atoms with Gasteiger partial charge >= 0.3 is 0 Å². The van der Waals surface area contributed by atoms with Crippen LogP contribution in [0.3, 0.4) is 0 Å². The zero-order valence-electron chi connectivity index (χ0n) is 23.2. The first-order chi connectivity index (χ1) is 19.2. The van der Waals surface area contributed by atoms with Crippen molar-refractivity contribution in [2.24, 2.45) is 0 Å². The topological polar surface area (TPSA) is 111 Å². The van der Waals surface area contributed by atoms with Gasteiger partial charge in [-0.05, 0) is 46.2 Å². The standard InChI is InChI=1S/C29H36FN5O5/c1-15(2)35-19(11-34-16(3)12-38-13-17(34)4)8-25(36)21-6-5-18(7-24(21)35)26-22(30)10-31-29(33-26)32-23-9-20-14-39-28(40-20)27(23)37/h5-8,10,15-17,20,23,27-28,37H,9,11-14H2,1-4H3,(H,31,32,33)/t16-,17-,20-,23+,27-,28+/m0/s1. The number of fused-ring (bicyclic) bond motifs is 3. The molecule has 214 valence electrons. The lowest BCUT2D eigenvalue weighted by Crippen LogP contribution is -2.49. The summed E-state index contributed by atoms with van der Waals surface area (Å²) in [5.41, 5.74) is 2.21. The van der Waals surface area contributed by atoms with Gasteiger partial charge in [-0.15, -0.1) is 0 Å². The maximum Gasteiger partial charge on any atom is 0.223 e. The van der Waals surface area contributed by atoms with Crippen molar-refractivity contribution in [3.63, 3.8) is 0 Å². The summed E-state index contributed by atoms with van der Waals surface area (Å²) in [6.07, 6.45) is -0.0575. The van der Waals surface area contributed by atoms with Gasteiger partial charge in [0.15, 0.2) is 17.5 Å². The van der Waals surface area contributed by atoms with Crippen molar-refractivity contribution >= 4 is 16.9 Å². The quantitative estimate of drug-likeness (QED) is 0.476. The Morgan fingerprint density at radius 2 is 1.95 bits per heavy atom. The van der Waals surface area contributed by atoms with E-state index in [4.69, 9.17) is 14.2 Å². The first-order valence-corrected chi connectivity index (χ1v) is 14.0. The monoisotopic (exact) mass is 553 g/mol. The molecule has 6 atom stereocenters. The highest BCUT2D eigenvalue weighted by molar-refractivity contribution is 5.84. The first-order valence-electron chi connectivity index (χ1n) is 14.0. The van der Waals surface area contributed by atoms with Crippen molar-refractivity contribution < 1.29 is 23.7 Å². The molecular weight excluding hydrogens is 517 g/mol. The van der Waals surface area contributed by atoms with Crippen molar-refractivity contribution in [1.29, 1.82) is 0 Å². The number of aromatic nitrogens is 3. The van der Waals surface area contributed by atoms with Crippen LogP contribution in [0.2, 0.25) is 0 Å². The molecule has 2 aromatic heterocycles. The molecule has 6 rings (SSSR count). The van der Waals surface area contributed by atoms with Crippen molar-refractivity contribution in [1.82, 2.24) is 19.4 Å². The molecule has 3 saturated heterocycles. The molecule has 1 aromatic carbocycles. The Bertz CT molecular complexity index is 1450. The Hall–Kier alpha value is -2.96. The number of benzene rings is 1. The Morgan fingerprint density at radius 1 is 1.18 bits per heavy atom. The van der Waals surface area contributed by atoms with Crippen molar-refractivity contribution in [2.45, 2.75) is 83.3 Å². The molecule has 0 aliphatic carbocycles. The number of nitrogens with zero attached hydrogens (tertiary/aromatic N) is 4. The number of morpholine rings is 1. The number of halogens is 1. The van der Waals surface area contributed by atoms with Gasteiger partial charge in [0.1, 0.15) is 11.8 Å². The Morgan fingerprint density at radius 3 is 2.70 bits per heavy atom. The summed E-state index contributed by atoms with van der Waals surface area (Å²) >= 11 is 0. The summed E-state index contributed by atoms with van der Waals surface area (Å²) in [4.78, 5) is 24.2. The minimum atomic E-state index is -0.896. The lowest BCUT2D eigenvalue weighted by atomic mass is 10.0. The third-order valence-electron chi connectivity index (χ3n) is 8.15. The van der Waals surface area contributed by atoms with E-state index < -0.39 is 18.2 Å². The molecule has 3 aliphatic rings. The molecule has 2 bridgehead atoms.